The molecule has 0 radical (unpaired) electrons. The number of hydrogen-bond donors (Lipinski definition) is 0. The summed E-state index contributed by atoms with van der Waals surface area (Å²) < 4.78 is 0. The fraction of sp³-hybridized carbons (Fsp3) is 0.381. The summed E-state index contributed by atoms with van der Waals surface area (Å²) in [5, 5.41) is 0. The Morgan fingerprint density at radius 1 is 1.04 bits per heavy atom. The maximum atomic E-state index is 12.5. The molecule has 5 nitrogen and oxygen atoms in total. The molecular formula is C21H27N3O2. The van der Waals surface area contributed by atoms with Gasteiger partial charge in [0.05, 0.1) is 0 Å². The number of aryl methyl sites for hydroxylation is 1. The molecule has 2 aromatic rings. The van der Waals surface area contributed by atoms with Crippen molar-refractivity contribution in [3.8, 4) is 0 Å². The lowest BCUT2D eigenvalue weighted by molar-refractivity contribution is -0.129. The molecule has 26 heavy (non-hydrogen) atoms. The largest absolute Gasteiger partial charge is 0.345 e. The summed E-state index contributed by atoms with van der Waals surface area (Å²) in [6, 6.07) is 9.81. The Kier molecular flexibility index (Phi) is 6.89. The van der Waals surface area contributed by atoms with Crippen LogP contribution in [0.5, 0.6) is 0 Å². The van der Waals surface area contributed by atoms with Gasteiger partial charge in [-0.05, 0) is 55.2 Å². The van der Waals surface area contributed by atoms with Gasteiger partial charge in [-0.3, -0.25) is 14.6 Å². The lowest BCUT2D eigenvalue weighted by Gasteiger charge is -2.25. The molecule has 0 aliphatic carbocycles. The Balaban J connectivity index is 1.94. The van der Waals surface area contributed by atoms with E-state index in [4.69, 9.17) is 0 Å². The van der Waals surface area contributed by atoms with Gasteiger partial charge < -0.3 is 9.80 Å². The van der Waals surface area contributed by atoms with Crippen molar-refractivity contribution in [1.82, 2.24) is 9.88 Å². The normalized spacial score (nSPS) is 10.5. The zero-order chi connectivity index (χ0) is 19.1. The number of carbonyl (C=O) groups excluding carboxylic acids is 2. The highest BCUT2D eigenvalue weighted by atomic mass is 16.2. The van der Waals surface area contributed by atoms with Crippen molar-refractivity contribution < 1.29 is 9.59 Å². The van der Waals surface area contributed by atoms with Crippen LogP contribution in [0.4, 0.5) is 5.69 Å². The number of anilines is 1. The van der Waals surface area contributed by atoms with Crippen molar-refractivity contribution in [2.45, 2.75) is 33.6 Å². The van der Waals surface area contributed by atoms with Gasteiger partial charge in [0.1, 0.15) is 0 Å². The second kappa shape index (κ2) is 9.13. The van der Waals surface area contributed by atoms with Gasteiger partial charge in [0.25, 0.3) is 0 Å². The molecule has 5 heteroatoms. The highest BCUT2D eigenvalue weighted by molar-refractivity contribution is 5.93. The van der Waals surface area contributed by atoms with E-state index >= 15 is 0 Å². The maximum Gasteiger partial charge on any atom is 0.224 e. The highest BCUT2D eigenvalue weighted by Crippen LogP contribution is 2.23. The van der Waals surface area contributed by atoms with E-state index in [0.29, 0.717) is 19.5 Å². The van der Waals surface area contributed by atoms with Gasteiger partial charge in [-0.25, -0.2) is 0 Å². The Morgan fingerprint density at radius 3 is 2.38 bits per heavy atom. The fourth-order valence-electron chi connectivity index (χ4n) is 2.84. The molecule has 0 unspecified atom stereocenters. The Hall–Kier alpha value is -2.69. The number of benzene rings is 1. The van der Waals surface area contributed by atoms with Crippen LogP contribution >= 0.6 is 0 Å². The average molecular weight is 353 g/mol. The maximum absolute atomic E-state index is 12.5. The molecule has 0 N–H and O–H groups in total. The second-order valence-corrected chi connectivity index (χ2v) is 6.56. The smallest absolute Gasteiger partial charge is 0.224 e. The minimum atomic E-state index is -0.0501. The summed E-state index contributed by atoms with van der Waals surface area (Å²) in [5.41, 5.74) is 4.24. The third kappa shape index (κ3) is 5.15. The number of carbonyl (C=O) groups is 2. The molecule has 0 fully saturated rings. The first-order chi connectivity index (χ1) is 12.4. The van der Waals surface area contributed by atoms with Gasteiger partial charge in [-0.15, -0.1) is 0 Å². The van der Waals surface area contributed by atoms with Gasteiger partial charge in [-0.1, -0.05) is 12.1 Å². The Bertz CT molecular complexity index is 759. The molecule has 1 aromatic carbocycles. The van der Waals surface area contributed by atoms with Gasteiger partial charge in [-0.2, -0.15) is 0 Å². The van der Waals surface area contributed by atoms with Crippen LogP contribution in [0.1, 0.15) is 30.0 Å². The van der Waals surface area contributed by atoms with E-state index in [-0.39, 0.29) is 11.8 Å². The summed E-state index contributed by atoms with van der Waals surface area (Å²) in [6.45, 7) is 6.60. The minimum Gasteiger partial charge on any atom is -0.345 e. The quantitative estimate of drug-likeness (QED) is 0.768. The summed E-state index contributed by atoms with van der Waals surface area (Å²) in [6.07, 6.45) is 4.61. The van der Waals surface area contributed by atoms with Crippen molar-refractivity contribution in [2.24, 2.45) is 0 Å². The minimum absolute atomic E-state index is 0.0376. The summed E-state index contributed by atoms with van der Waals surface area (Å²) in [7, 11) is 1.81. The predicted molar refractivity (Wildman–Crippen MR) is 104 cm³/mol. The third-order valence-corrected chi connectivity index (χ3v) is 4.71. The zero-order valence-corrected chi connectivity index (χ0v) is 16.0. The van der Waals surface area contributed by atoms with Gasteiger partial charge >= 0.3 is 0 Å². The first-order valence-electron chi connectivity index (χ1n) is 8.87. The number of rotatable bonds is 7. The van der Waals surface area contributed by atoms with Crippen LogP contribution in [-0.4, -0.2) is 41.8 Å². The van der Waals surface area contributed by atoms with Crippen molar-refractivity contribution >= 4 is 17.5 Å². The van der Waals surface area contributed by atoms with Crippen LogP contribution < -0.4 is 4.90 Å². The van der Waals surface area contributed by atoms with E-state index in [0.717, 1.165) is 28.8 Å². The van der Waals surface area contributed by atoms with Crippen LogP contribution in [0.2, 0.25) is 0 Å². The zero-order valence-electron chi connectivity index (χ0n) is 16.0. The standard InChI is InChI=1S/C21H27N3O2/c1-16-6-5-7-20(17(16)2)24(18(3)25)15-11-21(26)23(4)14-10-19-8-12-22-13-9-19/h5-9,12-13H,10-11,14-15H2,1-4H3. The van der Waals surface area contributed by atoms with E-state index in [1.807, 2.05) is 44.2 Å². The number of amides is 2. The number of likely N-dealkylation sites (N-methyl/N-ethyl adjacent to an activating group) is 1. The highest BCUT2D eigenvalue weighted by Gasteiger charge is 2.17. The van der Waals surface area contributed by atoms with Gasteiger partial charge in [0.2, 0.25) is 11.8 Å². The van der Waals surface area contributed by atoms with Crippen molar-refractivity contribution in [3.63, 3.8) is 0 Å². The lowest BCUT2D eigenvalue weighted by atomic mass is 10.1. The average Bonchev–Trinajstić information content (AvgIpc) is 2.63. The van der Waals surface area contributed by atoms with E-state index in [2.05, 4.69) is 4.98 Å². The molecule has 0 bridgehead atoms. The fourth-order valence-corrected chi connectivity index (χ4v) is 2.84. The monoisotopic (exact) mass is 353 g/mol. The van der Waals surface area contributed by atoms with Crippen molar-refractivity contribution in [3.05, 3.63) is 59.4 Å². The third-order valence-electron chi connectivity index (χ3n) is 4.71. The number of aromatic nitrogens is 1. The van der Waals surface area contributed by atoms with E-state index in [9.17, 15) is 9.59 Å². The van der Waals surface area contributed by atoms with Crippen LogP contribution in [0.25, 0.3) is 0 Å². The number of hydrogen-bond acceptors (Lipinski definition) is 3. The number of nitrogens with zero attached hydrogens (tertiary/aromatic N) is 3. The molecule has 0 spiro atoms. The van der Waals surface area contributed by atoms with Gasteiger partial charge in [0.15, 0.2) is 0 Å². The Morgan fingerprint density at radius 2 is 1.73 bits per heavy atom. The molecule has 0 aliphatic rings. The molecule has 0 atom stereocenters. The molecule has 2 rings (SSSR count). The van der Waals surface area contributed by atoms with E-state index < -0.39 is 0 Å². The molecule has 1 aromatic heterocycles. The summed E-state index contributed by atoms with van der Waals surface area (Å²) >= 11 is 0. The Labute approximate surface area is 155 Å². The SMILES string of the molecule is CC(=O)N(CCC(=O)N(C)CCc1ccncc1)c1cccc(C)c1C. The molecule has 2 amide bonds. The van der Waals surface area contributed by atoms with E-state index in [1.54, 1.807) is 36.2 Å². The second-order valence-electron chi connectivity index (χ2n) is 6.56. The van der Waals surface area contributed by atoms with Crippen LogP contribution in [-0.2, 0) is 16.0 Å². The summed E-state index contributed by atoms with van der Waals surface area (Å²) in [5.74, 6) is -0.0125. The molecule has 0 aliphatic heterocycles. The summed E-state index contributed by atoms with van der Waals surface area (Å²) in [4.78, 5) is 32.0. The van der Waals surface area contributed by atoms with Crippen LogP contribution in [0.3, 0.4) is 0 Å². The van der Waals surface area contributed by atoms with Crippen molar-refractivity contribution in [1.29, 1.82) is 0 Å². The molecule has 0 saturated carbocycles. The first-order valence-corrected chi connectivity index (χ1v) is 8.87. The molecule has 1 heterocycles. The first kappa shape index (κ1) is 19.6. The van der Waals surface area contributed by atoms with Crippen molar-refractivity contribution in [2.75, 3.05) is 25.0 Å². The van der Waals surface area contributed by atoms with Crippen LogP contribution in [0, 0.1) is 13.8 Å². The lowest BCUT2D eigenvalue weighted by Crippen LogP contribution is -2.35. The van der Waals surface area contributed by atoms with Gasteiger partial charge in [0, 0.05) is 51.6 Å². The molecular weight excluding hydrogens is 326 g/mol. The topological polar surface area (TPSA) is 53.5 Å². The predicted octanol–water partition coefficient (Wildman–Crippen LogP) is 3.14. The molecule has 138 valence electrons. The number of pyridine rings is 1. The van der Waals surface area contributed by atoms with Crippen LogP contribution in [0.15, 0.2) is 42.7 Å². The molecule has 0 saturated heterocycles. The van der Waals surface area contributed by atoms with E-state index in [1.165, 1.54) is 0 Å².